The summed E-state index contributed by atoms with van der Waals surface area (Å²) in [6.07, 6.45) is -3.02. The summed E-state index contributed by atoms with van der Waals surface area (Å²) in [5, 5.41) is 21.0. The fourth-order valence-electron chi connectivity index (χ4n) is 2.42. The molecular formula is C16H13ClF4N6O. The number of rotatable bonds is 5. The number of H-pyrrole nitrogens is 1. The van der Waals surface area contributed by atoms with E-state index in [1.165, 1.54) is 18.3 Å². The summed E-state index contributed by atoms with van der Waals surface area (Å²) in [5.74, 6) is -0.893. The van der Waals surface area contributed by atoms with Crippen LogP contribution in [0.2, 0.25) is 5.02 Å². The number of halogens is 5. The first-order chi connectivity index (χ1) is 13.2. The number of aromatic amines is 1. The molecular weight excluding hydrogens is 404 g/mol. The van der Waals surface area contributed by atoms with Gasteiger partial charge in [0, 0.05) is 11.8 Å². The van der Waals surface area contributed by atoms with Crippen LogP contribution in [0.25, 0.3) is 11.2 Å². The molecule has 148 valence electrons. The zero-order valence-electron chi connectivity index (χ0n) is 14.0. The number of hydrogen-bond acceptors (Lipinski definition) is 5. The van der Waals surface area contributed by atoms with Crippen LogP contribution in [0.5, 0.6) is 0 Å². The molecule has 0 saturated carbocycles. The van der Waals surface area contributed by atoms with Crippen LogP contribution in [0.4, 0.5) is 23.2 Å². The minimum absolute atomic E-state index is 0.0490. The van der Waals surface area contributed by atoms with E-state index in [0.29, 0.717) is 5.06 Å². The van der Waals surface area contributed by atoms with Gasteiger partial charge in [0.15, 0.2) is 11.5 Å². The second kappa shape index (κ2) is 7.70. The number of nitrogens with one attached hydrogen (secondary N) is 3. The number of imidazole rings is 1. The lowest BCUT2D eigenvalue weighted by Gasteiger charge is -2.18. The molecule has 4 N–H and O–H groups in total. The highest BCUT2D eigenvalue weighted by atomic mass is 35.5. The normalized spacial score (nSPS) is 11.8. The minimum Gasteiger partial charge on any atom is -0.339 e. The SMILES string of the molecule is N=C(c1ccnc2nc(CNCC(F)(F)F)[nH]c12)N(O)c1ccc(F)c(Cl)c1. The van der Waals surface area contributed by atoms with Gasteiger partial charge in [0.05, 0.1) is 29.3 Å². The predicted octanol–water partition coefficient (Wildman–Crippen LogP) is 3.62. The summed E-state index contributed by atoms with van der Waals surface area (Å²) in [6, 6.07) is 4.83. The van der Waals surface area contributed by atoms with Gasteiger partial charge in [0.25, 0.3) is 0 Å². The van der Waals surface area contributed by atoms with Crippen LogP contribution in [0.3, 0.4) is 0 Å². The molecule has 0 fully saturated rings. The first-order valence-corrected chi connectivity index (χ1v) is 8.17. The van der Waals surface area contributed by atoms with E-state index >= 15 is 0 Å². The van der Waals surface area contributed by atoms with Crippen molar-refractivity contribution in [3.8, 4) is 0 Å². The maximum absolute atomic E-state index is 13.3. The van der Waals surface area contributed by atoms with E-state index < -0.39 is 24.4 Å². The van der Waals surface area contributed by atoms with Crippen molar-refractivity contribution in [1.82, 2.24) is 20.3 Å². The smallest absolute Gasteiger partial charge is 0.339 e. The van der Waals surface area contributed by atoms with Crippen molar-refractivity contribution in [3.05, 3.63) is 52.7 Å². The van der Waals surface area contributed by atoms with Crippen molar-refractivity contribution in [2.75, 3.05) is 11.6 Å². The molecule has 0 saturated heterocycles. The summed E-state index contributed by atoms with van der Waals surface area (Å²) in [6.45, 7) is -1.38. The van der Waals surface area contributed by atoms with Gasteiger partial charge in [-0.1, -0.05) is 11.6 Å². The molecule has 0 unspecified atom stereocenters. The molecule has 0 aliphatic rings. The highest BCUT2D eigenvalue weighted by Gasteiger charge is 2.26. The first kappa shape index (κ1) is 20.0. The molecule has 0 spiro atoms. The van der Waals surface area contributed by atoms with Crippen molar-refractivity contribution in [3.63, 3.8) is 0 Å². The molecule has 0 aliphatic carbocycles. The fourth-order valence-corrected chi connectivity index (χ4v) is 2.60. The zero-order chi connectivity index (χ0) is 20.5. The third-order valence-electron chi connectivity index (χ3n) is 3.67. The molecule has 7 nitrogen and oxygen atoms in total. The van der Waals surface area contributed by atoms with Gasteiger partial charge in [0.1, 0.15) is 11.6 Å². The maximum atomic E-state index is 13.3. The molecule has 2 aromatic heterocycles. The minimum atomic E-state index is -4.36. The molecule has 12 heteroatoms. The number of anilines is 1. The molecule has 3 aromatic rings. The highest BCUT2D eigenvalue weighted by molar-refractivity contribution is 6.31. The summed E-state index contributed by atoms with van der Waals surface area (Å²) in [4.78, 5) is 10.9. The molecule has 0 atom stereocenters. The van der Waals surface area contributed by atoms with Gasteiger partial charge in [-0.15, -0.1) is 0 Å². The number of benzene rings is 1. The van der Waals surface area contributed by atoms with Crippen molar-refractivity contribution < 1.29 is 22.8 Å². The van der Waals surface area contributed by atoms with Gasteiger partial charge in [-0.2, -0.15) is 13.2 Å². The fraction of sp³-hybridized carbons (Fsp3) is 0.188. The van der Waals surface area contributed by atoms with Crippen LogP contribution in [0, 0.1) is 11.2 Å². The van der Waals surface area contributed by atoms with E-state index in [1.807, 2.05) is 0 Å². The number of amidine groups is 1. The Morgan fingerprint density at radius 2 is 2.07 bits per heavy atom. The predicted molar refractivity (Wildman–Crippen MR) is 94.2 cm³/mol. The Balaban J connectivity index is 1.85. The Kier molecular flexibility index (Phi) is 5.49. The first-order valence-electron chi connectivity index (χ1n) is 7.80. The van der Waals surface area contributed by atoms with Gasteiger partial charge in [-0.05, 0) is 24.3 Å². The largest absolute Gasteiger partial charge is 0.401 e. The number of aromatic nitrogens is 3. The van der Waals surface area contributed by atoms with Crippen LogP contribution in [-0.4, -0.2) is 38.7 Å². The maximum Gasteiger partial charge on any atom is 0.401 e. The molecule has 28 heavy (non-hydrogen) atoms. The molecule has 0 bridgehead atoms. The lowest BCUT2D eigenvalue weighted by atomic mass is 10.2. The standard InChI is InChI=1S/C16H13ClF4N6O/c17-10-5-8(1-2-11(10)18)27(28)14(22)9-3-4-24-15-13(9)25-12(26-15)6-23-7-16(19,20)21/h1-5,22-23,28H,6-7H2,(H,24,25,26). The van der Waals surface area contributed by atoms with Crippen LogP contribution < -0.4 is 10.4 Å². The number of pyridine rings is 1. The third kappa shape index (κ3) is 4.38. The summed E-state index contributed by atoms with van der Waals surface area (Å²) in [5.41, 5.74) is 0.649. The highest BCUT2D eigenvalue weighted by Crippen LogP contribution is 2.24. The molecule has 0 aliphatic heterocycles. The van der Waals surface area contributed by atoms with E-state index in [4.69, 9.17) is 17.0 Å². The molecule has 2 heterocycles. The number of nitrogens with zero attached hydrogens (tertiary/aromatic N) is 3. The lowest BCUT2D eigenvalue weighted by molar-refractivity contribution is -0.125. The number of hydroxylamine groups is 1. The van der Waals surface area contributed by atoms with E-state index in [1.54, 1.807) is 0 Å². The molecule has 1 aromatic carbocycles. The van der Waals surface area contributed by atoms with Crippen LogP contribution in [0.1, 0.15) is 11.4 Å². The van der Waals surface area contributed by atoms with Crippen LogP contribution >= 0.6 is 11.6 Å². The van der Waals surface area contributed by atoms with E-state index in [0.717, 1.165) is 12.1 Å². The molecule has 3 rings (SSSR count). The van der Waals surface area contributed by atoms with Crippen molar-refractivity contribution >= 4 is 34.3 Å². The van der Waals surface area contributed by atoms with Gasteiger partial charge < -0.3 is 10.3 Å². The van der Waals surface area contributed by atoms with Gasteiger partial charge in [-0.3, -0.25) is 10.6 Å². The Morgan fingerprint density at radius 1 is 1.32 bits per heavy atom. The van der Waals surface area contributed by atoms with Gasteiger partial charge in [-0.25, -0.2) is 19.4 Å². The second-order valence-corrected chi connectivity index (χ2v) is 6.13. The van der Waals surface area contributed by atoms with Gasteiger partial charge >= 0.3 is 6.18 Å². The monoisotopic (exact) mass is 416 g/mol. The number of alkyl halides is 3. The average Bonchev–Trinajstić information content (AvgIpc) is 3.04. The Hall–Kier alpha value is -2.76. The third-order valence-corrected chi connectivity index (χ3v) is 3.96. The average molecular weight is 417 g/mol. The van der Waals surface area contributed by atoms with E-state index in [9.17, 15) is 22.8 Å². The molecule has 0 radical (unpaired) electrons. The molecule has 0 amide bonds. The van der Waals surface area contributed by atoms with E-state index in [-0.39, 0.29) is 39.8 Å². The van der Waals surface area contributed by atoms with Crippen molar-refractivity contribution in [2.24, 2.45) is 0 Å². The lowest BCUT2D eigenvalue weighted by Crippen LogP contribution is -2.28. The van der Waals surface area contributed by atoms with Crippen molar-refractivity contribution in [2.45, 2.75) is 12.7 Å². The zero-order valence-corrected chi connectivity index (χ0v) is 14.7. The van der Waals surface area contributed by atoms with Crippen LogP contribution in [0.15, 0.2) is 30.5 Å². The Morgan fingerprint density at radius 3 is 2.75 bits per heavy atom. The summed E-state index contributed by atoms with van der Waals surface area (Å²) in [7, 11) is 0. The van der Waals surface area contributed by atoms with Crippen molar-refractivity contribution in [1.29, 1.82) is 5.41 Å². The Labute approximate surface area is 160 Å². The Bertz CT molecular complexity index is 1020. The summed E-state index contributed by atoms with van der Waals surface area (Å²) < 4.78 is 50.0. The second-order valence-electron chi connectivity index (χ2n) is 5.72. The number of hydrogen-bond donors (Lipinski definition) is 4. The van der Waals surface area contributed by atoms with Crippen LogP contribution in [-0.2, 0) is 6.54 Å². The van der Waals surface area contributed by atoms with Gasteiger partial charge in [0.2, 0.25) is 0 Å². The quantitative estimate of drug-likeness (QED) is 0.220. The topological polar surface area (TPSA) is 101 Å². The summed E-state index contributed by atoms with van der Waals surface area (Å²) >= 11 is 5.69. The van der Waals surface area contributed by atoms with E-state index in [2.05, 4.69) is 20.3 Å². The number of fused-ring (bicyclic) bond motifs is 1.